The number of carbonyl (C=O) groups is 1. The van der Waals surface area contributed by atoms with Crippen LogP contribution in [0.1, 0.15) is 19.3 Å². The Morgan fingerprint density at radius 1 is 1.33 bits per heavy atom. The van der Waals surface area contributed by atoms with Crippen LogP contribution < -0.4 is 15.8 Å². The van der Waals surface area contributed by atoms with Crippen molar-refractivity contribution < 1.29 is 13.2 Å². The third-order valence-corrected chi connectivity index (χ3v) is 4.78. The molecule has 1 saturated carbocycles. The van der Waals surface area contributed by atoms with E-state index in [-0.39, 0.29) is 42.2 Å². The maximum absolute atomic E-state index is 12.0. The third kappa shape index (κ3) is 4.67. The van der Waals surface area contributed by atoms with Crippen molar-refractivity contribution in [2.24, 2.45) is 11.7 Å². The van der Waals surface area contributed by atoms with E-state index in [1.807, 2.05) is 0 Å². The van der Waals surface area contributed by atoms with Gasteiger partial charge in [0.25, 0.3) is 0 Å². The summed E-state index contributed by atoms with van der Waals surface area (Å²) in [6.45, 7) is 0.415. The lowest BCUT2D eigenvalue weighted by Crippen LogP contribution is -2.30. The number of benzene rings is 1. The van der Waals surface area contributed by atoms with Crippen LogP contribution in [0, 0.1) is 5.92 Å². The van der Waals surface area contributed by atoms with Gasteiger partial charge < -0.3 is 11.1 Å². The van der Waals surface area contributed by atoms with Crippen LogP contribution in [-0.2, 0) is 14.8 Å². The summed E-state index contributed by atoms with van der Waals surface area (Å²) >= 11 is 0. The molecule has 1 aromatic carbocycles. The Morgan fingerprint density at radius 2 is 2.05 bits per heavy atom. The molecule has 0 saturated heterocycles. The van der Waals surface area contributed by atoms with Crippen LogP contribution in [0.15, 0.2) is 29.2 Å². The first kappa shape index (κ1) is 17.9. The zero-order chi connectivity index (χ0) is 14.6. The van der Waals surface area contributed by atoms with E-state index in [0.717, 1.165) is 19.3 Å². The lowest BCUT2D eigenvalue weighted by molar-refractivity contribution is -0.122. The molecule has 0 atom stereocenters. The number of sulfonamides is 1. The van der Waals surface area contributed by atoms with Gasteiger partial charge in [-0.05, 0) is 31.0 Å². The number of hydrogen-bond acceptors (Lipinski definition) is 4. The van der Waals surface area contributed by atoms with Crippen molar-refractivity contribution in [3.8, 4) is 0 Å². The molecule has 0 aliphatic heterocycles. The van der Waals surface area contributed by atoms with Crippen molar-refractivity contribution in [2.45, 2.75) is 24.2 Å². The van der Waals surface area contributed by atoms with Crippen LogP contribution in [0.5, 0.6) is 0 Å². The molecule has 6 nitrogen and oxygen atoms in total. The van der Waals surface area contributed by atoms with Crippen LogP contribution >= 0.6 is 12.4 Å². The molecule has 4 N–H and O–H groups in total. The predicted octanol–water partition coefficient (Wildman–Crippen LogP) is 1.08. The van der Waals surface area contributed by atoms with Crippen LogP contribution in [0.3, 0.4) is 0 Å². The highest BCUT2D eigenvalue weighted by atomic mass is 35.5. The monoisotopic (exact) mass is 333 g/mol. The average Bonchev–Trinajstić information content (AvgIpc) is 2.34. The van der Waals surface area contributed by atoms with Crippen molar-refractivity contribution in [3.05, 3.63) is 24.3 Å². The first-order chi connectivity index (χ1) is 9.53. The van der Waals surface area contributed by atoms with Crippen LogP contribution in [-0.4, -0.2) is 27.4 Å². The third-order valence-electron chi connectivity index (χ3n) is 3.32. The maximum Gasteiger partial charge on any atom is 0.240 e. The SMILES string of the molecule is Cl.NCCNS(=O)(=O)c1cccc(NC(=O)C2CCC2)c1. The van der Waals surface area contributed by atoms with Gasteiger partial charge in [0.1, 0.15) is 0 Å². The summed E-state index contributed by atoms with van der Waals surface area (Å²) in [5.41, 5.74) is 5.78. The number of nitrogens with two attached hydrogens (primary N) is 1. The standard InChI is InChI=1S/C13H19N3O3S.ClH/c14-7-8-15-20(18,19)12-6-2-5-11(9-12)16-13(17)10-3-1-4-10;/h2,5-6,9-10,15H,1,3-4,7-8,14H2,(H,16,17);1H. The second-order valence-electron chi connectivity index (χ2n) is 4.83. The molecule has 0 radical (unpaired) electrons. The maximum atomic E-state index is 12.0. The summed E-state index contributed by atoms with van der Waals surface area (Å²) in [6.07, 6.45) is 2.89. The first-order valence-electron chi connectivity index (χ1n) is 6.63. The average molecular weight is 334 g/mol. The number of anilines is 1. The zero-order valence-electron chi connectivity index (χ0n) is 11.5. The van der Waals surface area contributed by atoms with Gasteiger partial charge in [0, 0.05) is 24.7 Å². The van der Waals surface area contributed by atoms with Crippen molar-refractivity contribution in [1.29, 1.82) is 0 Å². The lowest BCUT2D eigenvalue weighted by Gasteiger charge is -2.24. The molecule has 0 unspecified atom stereocenters. The van der Waals surface area contributed by atoms with Crippen molar-refractivity contribution in [3.63, 3.8) is 0 Å². The second-order valence-corrected chi connectivity index (χ2v) is 6.60. The van der Waals surface area contributed by atoms with Gasteiger partial charge in [-0.15, -0.1) is 12.4 Å². The van der Waals surface area contributed by atoms with Gasteiger partial charge in [-0.25, -0.2) is 13.1 Å². The normalized spacial score (nSPS) is 14.9. The van der Waals surface area contributed by atoms with Gasteiger partial charge in [-0.1, -0.05) is 12.5 Å². The Bertz CT molecular complexity index is 588. The van der Waals surface area contributed by atoms with Gasteiger partial charge in [0.15, 0.2) is 0 Å². The predicted molar refractivity (Wildman–Crippen MR) is 83.9 cm³/mol. The number of amides is 1. The molecule has 2 rings (SSSR count). The van der Waals surface area contributed by atoms with Crippen LogP contribution in [0.25, 0.3) is 0 Å². The molecule has 21 heavy (non-hydrogen) atoms. The number of halogens is 1. The van der Waals surface area contributed by atoms with Gasteiger partial charge in [0.05, 0.1) is 4.90 Å². The minimum atomic E-state index is -3.57. The van der Waals surface area contributed by atoms with E-state index in [2.05, 4.69) is 10.0 Å². The van der Waals surface area contributed by atoms with Crippen molar-refractivity contribution in [1.82, 2.24) is 4.72 Å². The van der Waals surface area contributed by atoms with E-state index in [9.17, 15) is 13.2 Å². The Hall–Kier alpha value is -1.15. The highest BCUT2D eigenvalue weighted by Gasteiger charge is 2.25. The molecule has 0 heterocycles. The fourth-order valence-electron chi connectivity index (χ4n) is 1.93. The highest BCUT2D eigenvalue weighted by molar-refractivity contribution is 7.89. The molecule has 0 bridgehead atoms. The van der Waals surface area contributed by atoms with Crippen molar-refractivity contribution in [2.75, 3.05) is 18.4 Å². The molecular weight excluding hydrogens is 314 g/mol. The summed E-state index contributed by atoms with van der Waals surface area (Å²) in [4.78, 5) is 12.0. The summed E-state index contributed by atoms with van der Waals surface area (Å²) in [5, 5.41) is 2.76. The smallest absolute Gasteiger partial charge is 0.240 e. The lowest BCUT2D eigenvalue weighted by atomic mass is 9.85. The summed E-state index contributed by atoms with van der Waals surface area (Å²) in [5.74, 6) is 0.0198. The van der Waals surface area contributed by atoms with Gasteiger partial charge in [0.2, 0.25) is 15.9 Å². The highest BCUT2D eigenvalue weighted by Crippen LogP contribution is 2.27. The summed E-state index contributed by atoms with van der Waals surface area (Å²) in [7, 11) is -3.57. The van der Waals surface area contributed by atoms with E-state index >= 15 is 0 Å². The second kappa shape index (κ2) is 7.74. The van der Waals surface area contributed by atoms with Gasteiger partial charge in [-0.2, -0.15) is 0 Å². The largest absolute Gasteiger partial charge is 0.329 e. The fraction of sp³-hybridized carbons (Fsp3) is 0.462. The van der Waals surface area contributed by atoms with E-state index < -0.39 is 10.0 Å². The minimum absolute atomic E-state index is 0. The Labute approximate surface area is 130 Å². The number of nitrogens with one attached hydrogen (secondary N) is 2. The number of carbonyl (C=O) groups excluding carboxylic acids is 1. The molecule has 1 amide bonds. The van der Waals surface area contributed by atoms with Crippen LogP contribution in [0.2, 0.25) is 0 Å². The summed E-state index contributed by atoms with van der Waals surface area (Å²) in [6, 6.07) is 6.22. The quantitative estimate of drug-likeness (QED) is 0.725. The van der Waals surface area contributed by atoms with Crippen molar-refractivity contribution >= 4 is 34.0 Å². The van der Waals surface area contributed by atoms with Crippen LogP contribution in [0.4, 0.5) is 5.69 Å². The zero-order valence-corrected chi connectivity index (χ0v) is 13.2. The Balaban J connectivity index is 0.00000220. The van der Waals surface area contributed by atoms with E-state index in [1.165, 1.54) is 12.1 Å². The van der Waals surface area contributed by atoms with E-state index in [1.54, 1.807) is 12.1 Å². The molecule has 1 aromatic rings. The molecule has 0 aromatic heterocycles. The number of rotatable bonds is 6. The van der Waals surface area contributed by atoms with E-state index in [0.29, 0.717) is 5.69 Å². The van der Waals surface area contributed by atoms with Gasteiger partial charge >= 0.3 is 0 Å². The Morgan fingerprint density at radius 3 is 2.62 bits per heavy atom. The summed E-state index contributed by atoms with van der Waals surface area (Å²) < 4.78 is 26.3. The molecule has 1 aliphatic rings. The Kier molecular flexibility index (Phi) is 6.60. The fourth-order valence-corrected chi connectivity index (χ4v) is 3.03. The molecule has 118 valence electrons. The van der Waals surface area contributed by atoms with E-state index in [4.69, 9.17) is 5.73 Å². The minimum Gasteiger partial charge on any atom is -0.329 e. The molecular formula is C13H20ClN3O3S. The molecule has 0 spiro atoms. The number of hydrogen-bond donors (Lipinski definition) is 3. The first-order valence-corrected chi connectivity index (χ1v) is 8.12. The molecule has 1 fully saturated rings. The topological polar surface area (TPSA) is 101 Å². The van der Waals surface area contributed by atoms with Gasteiger partial charge in [-0.3, -0.25) is 4.79 Å². The molecule has 1 aliphatic carbocycles. The molecule has 8 heteroatoms.